The van der Waals surface area contributed by atoms with Gasteiger partial charge in [0.25, 0.3) is 0 Å². The van der Waals surface area contributed by atoms with Crippen LogP contribution in [0, 0.1) is 0 Å². The highest BCUT2D eigenvalue weighted by atomic mass is 16.3. The second-order valence-electron chi connectivity index (χ2n) is 6.18. The Morgan fingerprint density at radius 1 is 1.36 bits per heavy atom. The molecule has 0 fully saturated rings. The standard InChI is InChI=1S/C20H24N4O/c1-5-6-7-14(10-21)13(2)8-16-17-9-15(20(3,4)25)12-23-19(17)24-18(16)11-22/h5-12,25H,1-2,21-22H2,3-4H3,(H,23,24)/b7-6-,14-10+,16-8-,18-11+. The van der Waals surface area contributed by atoms with Crippen molar-refractivity contribution in [2.45, 2.75) is 19.4 Å². The van der Waals surface area contributed by atoms with Gasteiger partial charge in [-0.25, -0.2) is 4.98 Å². The first kappa shape index (κ1) is 18.3. The van der Waals surface area contributed by atoms with Crippen LogP contribution in [0.3, 0.4) is 0 Å². The number of hydrogen-bond acceptors (Lipinski definition) is 4. The number of H-pyrrole nitrogens is 1. The van der Waals surface area contributed by atoms with Gasteiger partial charge in [0.1, 0.15) is 5.65 Å². The van der Waals surface area contributed by atoms with Crippen LogP contribution in [0.1, 0.15) is 19.4 Å². The molecule has 2 heterocycles. The molecule has 0 radical (unpaired) electrons. The quantitative estimate of drug-likeness (QED) is 0.620. The third-order valence-corrected chi connectivity index (χ3v) is 3.88. The second kappa shape index (κ2) is 7.23. The molecule has 0 amide bonds. The van der Waals surface area contributed by atoms with Crippen molar-refractivity contribution in [3.8, 4) is 0 Å². The lowest BCUT2D eigenvalue weighted by atomic mass is 9.99. The van der Waals surface area contributed by atoms with E-state index in [9.17, 15) is 5.11 Å². The highest BCUT2D eigenvalue weighted by Gasteiger charge is 2.17. The van der Waals surface area contributed by atoms with Crippen LogP contribution < -0.4 is 22.0 Å². The van der Waals surface area contributed by atoms with Crippen molar-refractivity contribution in [1.82, 2.24) is 9.97 Å². The molecule has 0 aliphatic carbocycles. The molecule has 0 bridgehead atoms. The fourth-order valence-corrected chi connectivity index (χ4v) is 2.43. The minimum absolute atomic E-state index is 0.684. The number of aliphatic hydroxyl groups is 1. The lowest BCUT2D eigenvalue weighted by molar-refractivity contribution is 0.0784. The first-order chi connectivity index (χ1) is 11.8. The van der Waals surface area contributed by atoms with E-state index in [0.29, 0.717) is 11.2 Å². The largest absolute Gasteiger partial charge is 0.404 e. The molecule has 2 aromatic rings. The van der Waals surface area contributed by atoms with Crippen LogP contribution in [0.15, 0.2) is 61.0 Å². The van der Waals surface area contributed by atoms with Gasteiger partial charge in [-0.3, -0.25) is 0 Å². The summed E-state index contributed by atoms with van der Waals surface area (Å²) in [4.78, 5) is 7.56. The van der Waals surface area contributed by atoms with E-state index < -0.39 is 5.60 Å². The Bertz CT molecular complexity index is 985. The van der Waals surface area contributed by atoms with Crippen molar-refractivity contribution in [1.29, 1.82) is 0 Å². The summed E-state index contributed by atoms with van der Waals surface area (Å²) in [6.45, 7) is 11.2. The van der Waals surface area contributed by atoms with E-state index in [0.717, 1.165) is 27.1 Å². The van der Waals surface area contributed by atoms with Crippen LogP contribution in [0.25, 0.3) is 23.3 Å². The topological polar surface area (TPSA) is 101 Å². The Hall–Kier alpha value is -3.05. The van der Waals surface area contributed by atoms with Crippen molar-refractivity contribution in [2.75, 3.05) is 0 Å². The maximum absolute atomic E-state index is 10.3. The van der Waals surface area contributed by atoms with Crippen molar-refractivity contribution in [3.63, 3.8) is 0 Å². The van der Waals surface area contributed by atoms with Crippen LogP contribution >= 0.6 is 0 Å². The minimum atomic E-state index is -0.992. The summed E-state index contributed by atoms with van der Waals surface area (Å²) in [6.07, 6.45) is 11.8. The number of fused-ring (bicyclic) bond motifs is 1. The van der Waals surface area contributed by atoms with Crippen LogP contribution in [0.2, 0.25) is 0 Å². The molecular weight excluding hydrogens is 312 g/mol. The van der Waals surface area contributed by atoms with Gasteiger partial charge in [-0.2, -0.15) is 0 Å². The molecule has 5 heteroatoms. The Balaban J connectivity index is 2.72. The normalized spacial score (nSPS) is 14.6. The van der Waals surface area contributed by atoms with E-state index in [1.807, 2.05) is 18.2 Å². The first-order valence-corrected chi connectivity index (χ1v) is 7.86. The number of nitrogens with one attached hydrogen (secondary N) is 1. The number of aromatic nitrogens is 2. The molecule has 0 saturated heterocycles. The zero-order chi connectivity index (χ0) is 18.6. The summed E-state index contributed by atoms with van der Waals surface area (Å²) in [5.41, 5.74) is 13.3. The van der Waals surface area contributed by atoms with E-state index in [2.05, 4.69) is 23.1 Å². The Kier molecular flexibility index (Phi) is 5.29. The molecule has 0 atom stereocenters. The summed E-state index contributed by atoms with van der Waals surface area (Å²) < 4.78 is 0. The van der Waals surface area contributed by atoms with E-state index in [4.69, 9.17) is 11.5 Å². The van der Waals surface area contributed by atoms with Crippen LogP contribution in [0.4, 0.5) is 0 Å². The molecule has 0 unspecified atom stereocenters. The Morgan fingerprint density at radius 2 is 2.08 bits per heavy atom. The van der Waals surface area contributed by atoms with Crippen LogP contribution in [-0.2, 0) is 5.60 Å². The number of hydrogen-bond donors (Lipinski definition) is 4. The van der Waals surface area contributed by atoms with Gasteiger partial charge >= 0.3 is 0 Å². The van der Waals surface area contributed by atoms with Crippen LogP contribution in [-0.4, -0.2) is 15.1 Å². The lowest BCUT2D eigenvalue weighted by Gasteiger charge is -2.16. The molecule has 6 N–H and O–H groups in total. The zero-order valence-electron chi connectivity index (χ0n) is 14.6. The maximum atomic E-state index is 10.3. The average molecular weight is 336 g/mol. The summed E-state index contributed by atoms with van der Waals surface area (Å²) in [5, 5.41) is 12.7. The summed E-state index contributed by atoms with van der Waals surface area (Å²) >= 11 is 0. The first-order valence-electron chi connectivity index (χ1n) is 7.86. The monoisotopic (exact) mass is 336 g/mol. The van der Waals surface area contributed by atoms with Gasteiger partial charge in [0.2, 0.25) is 0 Å². The average Bonchev–Trinajstić information content (AvgIpc) is 2.92. The molecule has 2 rings (SSSR count). The number of pyridine rings is 1. The molecule has 0 saturated carbocycles. The summed E-state index contributed by atoms with van der Waals surface area (Å²) in [6, 6.07) is 1.90. The van der Waals surface area contributed by atoms with Gasteiger partial charge in [0, 0.05) is 34.8 Å². The zero-order valence-corrected chi connectivity index (χ0v) is 14.6. The molecule has 2 aromatic heterocycles. The van der Waals surface area contributed by atoms with Gasteiger partial charge in [-0.1, -0.05) is 31.4 Å². The van der Waals surface area contributed by atoms with E-state index in [1.165, 1.54) is 12.4 Å². The van der Waals surface area contributed by atoms with Gasteiger partial charge in [0.15, 0.2) is 0 Å². The fraction of sp³-hybridized carbons (Fsp3) is 0.150. The van der Waals surface area contributed by atoms with E-state index in [1.54, 1.807) is 32.2 Å². The van der Waals surface area contributed by atoms with Crippen molar-refractivity contribution >= 4 is 23.3 Å². The molecule has 0 aliphatic rings. The molecule has 130 valence electrons. The SMILES string of the molecule is C=C/C=C\C(=C/N)C(=C)/C=c1\c(=C/N)[nH]c2ncc(C(C)(C)O)cc12. The highest BCUT2D eigenvalue weighted by Crippen LogP contribution is 2.20. The third kappa shape index (κ3) is 3.89. The Labute approximate surface area is 147 Å². The predicted molar refractivity (Wildman–Crippen MR) is 104 cm³/mol. The number of aromatic amines is 1. The van der Waals surface area contributed by atoms with Gasteiger partial charge in [0.05, 0.1) is 11.0 Å². The van der Waals surface area contributed by atoms with Gasteiger partial charge < -0.3 is 21.6 Å². The molecule has 0 spiro atoms. The smallest absolute Gasteiger partial charge is 0.138 e. The van der Waals surface area contributed by atoms with Crippen molar-refractivity contribution in [3.05, 3.63) is 77.1 Å². The van der Waals surface area contributed by atoms with E-state index >= 15 is 0 Å². The summed E-state index contributed by atoms with van der Waals surface area (Å²) in [5.74, 6) is 0. The highest BCUT2D eigenvalue weighted by molar-refractivity contribution is 5.80. The van der Waals surface area contributed by atoms with Gasteiger partial charge in [-0.05, 0) is 37.1 Å². The molecule has 25 heavy (non-hydrogen) atoms. The maximum Gasteiger partial charge on any atom is 0.138 e. The second-order valence-corrected chi connectivity index (χ2v) is 6.18. The molecular formula is C20H24N4O. The lowest BCUT2D eigenvalue weighted by Crippen LogP contribution is -2.25. The predicted octanol–water partition coefficient (Wildman–Crippen LogP) is 1.41. The van der Waals surface area contributed by atoms with Crippen molar-refractivity contribution in [2.24, 2.45) is 11.5 Å². The van der Waals surface area contributed by atoms with E-state index in [-0.39, 0.29) is 0 Å². The number of nitrogens with zero attached hydrogens (tertiary/aromatic N) is 1. The third-order valence-electron chi connectivity index (χ3n) is 3.88. The van der Waals surface area contributed by atoms with Gasteiger partial charge in [-0.15, -0.1) is 0 Å². The number of nitrogens with two attached hydrogens (primary N) is 2. The summed E-state index contributed by atoms with van der Waals surface area (Å²) in [7, 11) is 0. The van der Waals surface area contributed by atoms with Crippen molar-refractivity contribution < 1.29 is 5.11 Å². The number of allylic oxidation sites excluding steroid dienone is 5. The molecule has 5 nitrogen and oxygen atoms in total. The molecule has 0 aromatic carbocycles. The molecule has 0 aliphatic heterocycles. The van der Waals surface area contributed by atoms with Crippen LogP contribution in [0.5, 0.6) is 0 Å². The Morgan fingerprint density at radius 3 is 2.64 bits per heavy atom. The minimum Gasteiger partial charge on any atom is -0.404 e. The number of rotatable bonds is 5. The fourth-order valence-electron chi connectivity index (χ4n) is 2.43.